The van der Waals surface area contributed by atoms with E-state index < -0.39 is 6.04 Å². The van der Waals surface area contributed by atoms with Crippen molar-refractivity contribution in [3.8, 4) is 0 Å². The standard InChI is InChI=1S/C23H27Cl2N3O2/c1-15(2)12-21(27-22(29)19-9-8-16(24)13-20(19)25)23(30)28-11-10-18(14-28)26-17-6-4-3-5-7-17/h3-9,13,15,18,21,26H,10-12,14H2,1-2H3,(H,27,29). The number of nitrogens with zero attached hydrogens (tertiary/aromatic N) is 1. The summed E-state index contributed by atoms with van der Waals surface area (Å²) in [6.45, 7) is 5.34. The first-order valence-corrected chi connectivity index (χ1v) is 11.0. The molecule has 0 spiro atoms. The highest BCUT2D eigenvalue weighted by Gasteiger charge is 2.32. The third-order valence-corrected chi connectivity index (χ3v) is 5.68. The number of hydrogen-bond donors (Lipinski definition) is 2. The van der Waals surface area contributed by atoms with Gasteiger partial charge in [0.15, 0.2) is 0 Å². The van der Waals surface area contributed by atoms with Crippen LogP contribution in [0, 0.1) is 5.92 Å². The van der Waals surface area contributed by atoms with Gasteiger partial charge in [0.25, 0.3) is 5.91 Å². The van der Waals surface area contributed by atoms with Crippen LogP contribution < -0.4 is 10.6 Å². The van der Waals surface area contributed by atoms with E-state index in [-0.39, 0.29) is 28.8 Å². The van der Waals surface area contributed by atoms with Crippen LogP contribution in [-0.2, 0) is 4.79 Å². The van der Waals surface area contributed by atoms with E-state index in [2.05, 4.69) is 10.6 Å². The number of para-hydroxylation sites is 1. The SMILES string of the molecule is CC(C)CC(NC(=O)c1ccc(Cl)cc1Cl)C(=O)N1CCC(Nc2ccccc2)C1. The molecule has 30 heavy (non-hydrogen) atoms. The van der Waals surface area contributed by atoms with Crippen molar-refractivity contribution in [1.82, 2.24) is 10.2 Å². The molecule has 1 fully saturated rings. The fraction of sp³-hybridized carbons (Fsp3) is 0.391. The minimum Gasteiger partial charge on any atom is -0.380 e. The molecule has 2 amide bonds. The minimum absolute atomic E-state index is 0.0560. The summed E-state index contributed by atoms with van der Waals surface area (Å²) < 4.78 is 0. The molecule has 0 saturated carbocycles. The molecule has 160 valence electrons. The summed E-state index contributed by atoms with van der Waals surface area (Å²) in [7, 11) is 0. The van der Waals surface area contributed by atoms with Gasteiger partial charge in [-0.1, -0.05) is 55.2 Å². The van der Waals surface area contributed by atoms with Crippen LogP contribution in [0.4, 0.5) is 5.69 Å². The van der Waals surface area contributed by atoms with E-state index in [4.69, 9.17) is 23.2 Å². The average molecular weight is 448 g/mol. The molecule has 1 aliphatic heterocycles. The van der Waals surface area contributed by atoms with Gasteiger partial charge in [0.2, 0.25) is 5.91 Å². The van der Waals surface area contributed by atoms with Gasteiger partial charge in [-0.15, -0.1) is 0 Å². The van der Waals surface area contributed by atoms with Crippen molar-refractivity contribution in [2.75, 3.05) is 18.4 Å². The lowest BCUT2D eigenvalue weighted by atomic mass is 10.0. The second-order valence-corrected chi connectivity index (χ2v) is 8.90. The molecule has 0 aromatic heterocycles. The lowest BCUT2D eigenvalue weighted by molar-refractivity contribution is -0.132. The molecule has 5 nitrogen and oxygen atoms in total. The number of amides is 2. The first kappa shape index (κ1) is 22.4. The summed E-state index contributed by atoms with van der Waals surface area (Å²) in [5, 5.41) is 7.09. The van der Waals surface area contributed by atoms with Gasteiger partial charge in [-0.3, -0.25) is 9.59 Å². The highest BCUT2D eigenvalue weighted by molar-refractivity contribution is 6.36. The van der Waals surface area contributed by atoms with Gasteiger partial charge in [-0.05, 0) is 49.1 Å². The second-order valence-electron chi connectivity index (χ2n) is 8.06. The monoisotopic (exact) mass is 447 g/mol. The molecule has 3 rings (SSSR count). The van der Waals surface area contributed by atoms with E-state index in [0.717, 1.165) is 12.1 Å². The van der Waals surface area contributed by atoms with Crippen LogP contribution in [-0.4, -0.2) is 41.9 Å². The number of halogens is 2. The molecule has 2 aromatic rings. The molecule has 1 saturated heterocycles. The summed E-state index contributed by atoms with van der Waals surface area (Å²) in [5.74, 6) is -0.172. The van der Waals surface area contributed by atoms with Crippen LogP contribution in [0.25, 0.3) is 0 Å². The number of likely N-dealkylation sites (tertiary alicyclic amines) is 1. The molecule has 1 heterocycles. The topological polar surface area (TPSA) is 61.4 Å². The Morgan fingerprint density at radius 1 is 1.13 bits per heavy atom. The summed E-state index contributed by atoms with van der Waals surface area (Å²) in [4.78, 5) is 27.8. The van der Waals surface area contributed by atoms with E-state index >= 15 is 0 Å². The number of nitrogens with one attached hydrogen (secondary N) is 2. The lowest BCUT2D eigenvalue weighted by Crippen LogP contribution is -2.49. The normalized spacial score (nSPS) is 17.1. The Morgan fingerprint density at radius 2 is 1.87 bits per heavy atom. The number of carbonyl (C=O) groups is 2. The maximum Gasteiger partial charge on any atom is 0.253 e. The molecule has 2 N–H and O–H groups in total. The Labute approximate surface area is 187 Å². The number of hydrogen-bond acceptors (Lipinski definition) is 3. The predicted octanol–water partition coefficient (Wildman–Crippen LogP) is 4.85. The lowest BCUT2D eigenvalue weighted by Gasteiger charge is -2.26. The molecule has 7 heteroatoms. The van der Waals surface area contributed by atoms with Gasteiger partial charge in [-0.25, -0.2) is 0 Å². The molecule has 0 bridgehead atoms. The highest BCUT2D eigenvalue weighted by Crippen LogP contribution is 2.22. The zero-order valence-electron chi connectivity index (χ0n) is 17.2. The van der Waals surface area contributed by atoms with Crippen molar-refractivity contribution in [3.63, 3.8) is 0 Å². The Morgan fingerprint density at radius 3 is 2.53 bits per heavy atom. The summed E-state index contributed by atoms with van der Waals surface area (Å²) in [5.41, 5.74) is 1.36. The van der Waals surface area contributed by atoms with Crippen molar-refractivity contribution in [3.05, 3.63) is 64.1 Å². The van der Waals surface area contributed by atoms with E-state index in [0.29, 0.717) is 30.1 Å². The molecule has 1 aliphatic rings. The average Bonchev–Trinajstić information content (AvgIpc) is 3.15. The van der Waals surface area contributed by atoms with E-state index in [1.165, 1.54) is 6.07 Å². The van der Waals surface area contributed by atoms with Crippen molar-refractivity contribution in [1.29, 1.82) is 0 Å². The Kier molecular flexibility index (Phi) is 7.62. The Bertz CT molecular complexity index is 889. The van der Waals surface area contributed by atoms with Gasteiger partial charge < -0.3 is 15.5 Å². The number of carbonyl (C=O) groups excluding carboxylic acids is 2. The second kappa shape index (κ2) is 10.2. The summed E-state index contributed by atoms with van der Waals surface area (Å²) >= 11 is 12.1. The van der Waals surface area contributed by atoms with Crippen LogP contribution in [0.2, 0.25) is 10.0 Å². The fourth-order valence-corrected chi connectivity index (χ4v) is 4.17. The van der Waals surface area contributed by atoms with E-state index in [9.17, 15) is 9.59 Å². The van der Waals surface area contributed by atoms with Crippen LogP contribution in [0.15, 0.2) is 48.5 Å². The number of benzene rings is 2. The van der Waals surface area contributed by atoms with Crippen LogP contribution in [0.1, 0.15) is 37.0 Å². The molecule has 2 atom stereocenters. The summed E-state index contributed by atoms with van der Waals surface area (Å²) in [6, 6.07) is 14.3. The third kappa shape index (κ3) is 5.89. The zero-order chi connectivity index (χ0) is 21.7. The van der Waals surface area contributed by atoms with Gasteiger partial charge in [-0.2, -0.15) is 0 Å². The highest BCUT2D eigenvalue weighted by atomic mass is 35.5. The van der Waals surface area contributed by atoms with Crippen molar-refractivity contribution in [2.24, 2.45) is 5.92 Å². The maximum absolute atomic E-state index is 13.2. The number of anilines is 1. The third-order valence-electron chi connectivity index (χ3n) is 5.13. The molecule has 0 radical (unpaired) electrons. The zero-order valence-corrected chi connectivity index (χ0v) is 18.7. The maximum atomic E-state index is 13.2. The van der Waals surface area contributed by atoms with Gasteiger partial charge in [0, 0.05) is 29.8 Å². The first-order valence-electron chi connectivity index (χ1n) is 10.2. The van der Waals surface area contributed by atoms with E-state index in [1.54, 1.807) is 12.1 Å². The molecule has 2 aromatic carbocycles. The van der Waals surface area contributed by atoms with Crippen LogP contribution in [0.5, 0.6) is 0 Å². The van der Waals surface area contributed by atoms with Crippen molar-refractivity contribution in [2.45, 2.75) is 38.8 Å². The van der Waals surface area contributed by atoms with Crippen molar-refractivity contribution < 1.29 is 9.59 Å². The fourth-order valence-electron chi connectivity index (χ4n) is 3.67. The summed E-state index contributed by atoms with van der Waals surface area (Å²) in [6.07, 6.45) is 1.43. The molecule has 0 aliphatic carbocycles. The van der Waals surface area contributed by atoms with Gasteiger partial charge >= 0.3 is 0 Å². The largest absolute Gasteiger partial charge is 0.380 e. The Hall–Kier alpha value is -2.24. The Balaban J connectivity index is 1.66. The molecular weight excluding hydrogens is 421 g/mol. The predicted molar refractivity (Wildman–Crippen MR) is 122 cm³/mol. The minimum atomic E-state index is -0.597. The smallest absolute Gasteiger partial charge is 0.253 e. The number of rotatable bonds is 7. The van der Waals surface area contributed by atoms with Gasteiger partial charge in [0.1, 0.15) is 6.04 Å². The van der Waals surface area contributed by atoms with E-state index in [1.807, 2.05) is 49.1 Å². The van der Waals surface area contributed by atoms with Crippen LogP contribution >= 0.6 is 23.2 Å². The van der Waals surface area contributed by atoms with Gasteiger partial charge in [0.05, 0.1) is 10.6 Å². The molecule has 2 unspecified atom stereocenters. The van der Waals surface area contributed by atoms with Crippen LogP contribution in [0.3, 0.4) is 0 Å². The first-order chi connectivity index (χ1) is 14.3. The molecular formula is C23H27Cl2N3O2. The quantitative estimate of drug-likeness (QED) is 0.637. The van der Waals surface area contributed by atoms with Crippen molar-refractivity contribution >= 4 is 40.7 Å².